The number of allylic oxidation sites excluding steroid dienone is 2. The number of hydrogen-bond donors (Lipinski definition) is 3. The topological polar surface area (TPSA) is 90.4 Å². The molecule has 0 aromatic carbocycles. The zero-order valence-electron chi connectivity index (χ0n) is 14.3. The van der Waals surface area contributed by atoms with E-state index in [0.717, 1.165) is 25.7 Å². The van der Waals surface area contributed by atoms with Crippen LogP contribution in [0.15, 0.2) is 41.1 Å². The molecule has 1 amide bonds. The smallest absolute Gasteiger partial charge is 0.271 e. The Kier molecular flexibility index (Phi) is 4.96. The van der Waals surface area contributed by atoms with Gasteiger partial charge in [-0.25, -0.2) is 9.97 Å². The molecule has 0 spiro atoms. The lowest BCUT2D eigenvalue weighted by Crippen LogP contribution is -2.56. The SMILES string of the molecule is CCCC1(CCC)NC(=O)C2=C(Cl)C=C(Nc3ccncn3)C(O)N21. The van der Waals surface area contributed by atoms with E-state index in [0.29, 0.717) is 22.2 Å². The standard InChI is InChI=1S/C17H22ClN5O2/c1-3-6-17(7-4-2)22-15(24)14-11(18)9-12(16(25)23(14)17)21-13-5-8-19-10-20-13/h5,8-10,16,25H,3-4,6-7H2,1-2H3,(H,22,24)(H,19,20,21). The lowest BCUT2D eigenvalue weighted by molar-refractivity contribution is -0.117. The highest BCUT2D eigenvalue weighted by molar-refractivity contribution is 6.33. The number of anilines is 1. The van der Waals surface area contributed by atoms with E-state index in [1.165, 1.54) is 6.33 Å². The Balaban J connectivity index is 1.99. The number of rotatable bonds is 6. The maximum absolute atomic E-state index is 12.5. The van der Waals surface area contributed by atoms with E-state index in [-0.39, 0.29) is 5.91 Å². The number of aliphatic hydroxyl groups is 1. The minimum absolute atomic E-state index is 0.247. The van der Waals surface area contributed by atoms with Crippen LogP contribution in [0, 0.1) is 0 Å². The molecule has 1 aromatic rings. The quantitative estimate of drug-likeness (QED) is 0.718. The second kappa shape index (κ2) is 7.01. The van der Waals surface area contributed by atoms with E-state index in [2.05, 4.69) is 34.4 Å². The van der Waals surface area contributed by atoms with Crippen molar-refractivity contribution in [1.82, 2.24) is 20.2 Å². The molecular formula is C17H22ClN5O2. The van der Waals surface area contributed by atoms with Crippen LogP contribution in [-0.4, -0.2) is 37.8 Å². The molecule has 3 N–H and O–H groups in total. The maximum atomic E-state index is 12.5. The first kappa shape index (κ1) is 17.7. The van der Waals surface area contributed by atoms with Crippen LogP contribution in [-0.2, 0) is 4.79 Å². The number of halogens is 1. The molecule has 1 unspecified atom stereocenters. The molecule has 2 aliphatic heterocycles. The summed E-state index contributed by atoms with van der Waals surface area (Å²) in [6.45, 7) is 4.11. The lowest BCUT2D eigenvalue weighted by Gasteiger charge is -2.43. The summed E-state index contributed by atoms with van der Waals surface area (Å²) in [5.41, 5.74) is 0.160. The van der Waals surface area contributed by atoms with Crippen LogP contribution in [0.3, 0.4) is 0 Å². The van der Waals surface area contributed by atoms with Gasteiger partial charge in [-0.15, -0.1) is 0 Å². The molecule has 134 valence electrons. The van der Waals surface area contributed by atoms with E-state index in [9.17, 15) is 9.90 Å². The average molecular weight is 364 g/mol. The Bertz CT molecular complexity index is 713. The predicted molar refractivity (Wildman–Crippen MR) is 95.2 cm³/mol. The maximum Gasteiger partial charge on any atom is 0.271 e. The molecular weight excluding hydrogens is 342 g/mol. The van der Waals surface area contributed by atoms with Gasteiger partial charge in [0.2, 0.25) is 0 Å². The first-order valence-corrected chi connectivity index (χ1v) is 8.84. The van der Waals surface area contributed by atoms with Crippen molar-refractivity contribution >= 4 is 23.3 Å². The van der Waals surface area contributed by atoms with Crippen molar-refractivity contribution in [1.29, 1.82) is 0 Å². The molecule has 0 aliphatic carbocycles. The largest absolute Gasteiger partial charge is 0.368 e. The van der Waals surface area contributed by atoms with Crippen LogP contribution >= 0.6 is 11.6 Å². The van der Waals surface area contributed by atoms with Gasteiger partial charge in [0.15, 0.2) is 6.23 Å². The summed E-state index contributed by atoms with van der Waals surface area (Å²) >= 11 is 6.38. The third kappa shape index (κ3) is 3.09. The molecule has 1 atom stereocenters. The second-order valence-electron chi connectivity index (χ2n) is 6.25. The number of aliphatic hydroxyl groups excluding tert-OH is 1. The fourth-order valence-corrected chi connectivity index (χ4v) is 3.88. The minimum atomic E-state index is -1.02. The Hall–Kier alpha value is -2.12. The van der Waals surface area contributed by atoms with E-state index in [1.54, 1.807) is 23.2 Å². The number of aromatic nitrogens is 2. The number of hydrogen-bond acceptors (Lipinski definition) is 6. The van der Waals surface area contributed by atoms with Crippen molar-refractivity contribution in [3.05, 3.63) is 41.1 Å². The molecule has 3 rings (SSSR count). The Morgan fingerprint density at radius 3 is 2.72 bits per heavy atom. The van der Waals surface area contributed by atoms with Crippen LogP contribution < -0.4 is 10.6 Å². The van der Waals surface area contributed by atoms with E-state index in [4.69, 9.17) is 11.6 Å². The van der Waals surface area contributed by atoms with Gasteiger partial charge in [-0.05, 0) is 25.0 Å². The summed E-state index contributed by atoms with van der Waals surface area (Å²) < 4.78 is 0. The predicted octanol–water partition coefficient (Wildman–Crippen LogP) is 2.28. The van der Waals surface area contributed by atoms with Gasteiger partial charge in [-0.2, -0.15) is 0 Å². The minimum Gasteiger partial charge on any atom is -0.368 e. The fraction of sp³-hybridized carbons (Fsp3) is 0.471. The second-order valence-corrected chi connectivity index (χ2v) is 6.65. The van der Waals surface area contributed by atoms with Gasteiger partial charge in [-0.3, -0.25) is 4.79 Å². The molecule has 2 aliphatic rings. The Labute approximate surface area is 151 Å². The van der Waals surface area contributed by atoms with Gasteiger partial charge in [0.05, 0.1) is 10.7 Å². The summed E-state index contributed by atoms with van der Waals surface area (Å²) in [7, 11) is 0. The number of fused-ring (bicyclic) bond motifs is 1. The summed E-state index contributed by atoms with van der Waals surface area (Å²) in [6.07, 6.45) is 6.75. The summed E-state index contributed by atoms with van der Waals surface area (Å²) in [6, 6.07) is 1.69. The number of amides is 1. The van der Waals surface area contributed by atoms with Gasteiger partial charge in [0.25, 0.3) is 5.91 Å². The first-order valence-electron chi connectivity index (χ1n) is 8.46. The zero-order valence-corrected chi connectivity index (χ0v) is 15.0. The van der Waals surface area contributed by atoms with Crippen molar-refractivity contribution in [2.45, 2.75) is 51.4 Å². The van der Waals surface area contributed by atoms with Gasteiger partial charge >= 0.3 is 0 Å². The van der Waals surface area contributed by atoms with Crippen LogP contribution in [0.4, 0.5) is 5.82 Å². The van der Waals surface area contributed by atoms with Crippen molar-refractivity contribution < 1.29 is 9.90 Å². The number of carbonyl (C=O) groups is 1. The third-order valence-electron chi connectivity index (χ3n) is 4.48. The summed E-state index contributed by atoms with van der Waals surface area (Å²) in [5, 5.41) is 17.4. The molecule has 1 aromatic heterocycles. The number of carbonyl (C=O) groups excluding carboxylic acids is 1. The van der Waals surface area contributed by atoms with Gasteiger partial charge in [0, 0.05) is 6.20 Å². The molecule has 3 heterocycles. The molecule has 0 bridgehead atoms. The molecule has 8 heteroatoms. The summed E-state index contributed by atoms with van der Waals surface area (Å²) in [4.78, 5) is 22.2. The van der Waals surface area contributed by atoms with Crippen LogP contribution in [0.2, 0.25) is 0 Å². The zero-order chi connectivity index (χ0) is 18.0. The van der Waals surface area contributed by atoms with E-state index >= 15 is 0 Å². The van der Waals surface area contributed by atoms with Crippen LogP contribution in [0.25, 0.3) is 0 Å². The Morgan fingerprint density at radius 2 is 2.12 bits per heavy atom. The molecule has 1 fully saturated rings. The van der Waals surface area contributed by atoms with Gasteiger partial charge in [0.1, 0.15) is 23.5 Å². The molecule has 25 heavy (non-hydrogen) atoms. The molecule has 0 saturated carbocycles. The van der Waals surface area contributed by atoms with E-state index in [1.807, 2.05) is 0 Å². The lowest BCUT2D eigenvalue weighted by atomic mass is 9.96. The summed E-state index contributed by atoms with van der Waals surface area (Å²) in [5.74, 6) is 0.298. The fourth-order valence-electron chi connectivity index (χ4n) is 3.58. The monoisotopic (exact) mass is 363 g/mol. The highest BCUT2D eigenvalue weighted by Crippen LogP contribution is 2.41. The Morgan fingerprint density at radius 1 is 1.40 bits per heavy atom. The van der Waals surface area contributed by atoms with Gasteiger partial charge < -0.3 is 20.6 Å². The average Bonchev–Trinajstić information content (AvgIpc) is 2.87. The van der Waals surface area contributed by atoms with Crippen molar-refractivity contribution in [3.63, 3.8) is 0 Å². The van der Waals surface area contributed by atoms with Gasteiger partial charge in [-0.1, -0.05) is 38.3 Å². The molecule has 7 nitrogen and oxygen atoms in total. The van der Waals surface area contributed by atoms with E-state index < -0.39 is 11.9 Å². The van der Waals surface area contributed by atoms with Crippen molar-refractivity contribution in [3.8, 4) is 0 Å². The number of nitrogens with one attached hydrogen (secondary N) is 2. The molecule has 1 saturated heterocycles. The van der Waals surface area contributed by atoms with Crippen LogP contribution in [0.1, 0.15) is 39.5 Å². The van der Waals surface area contributed by atoms with Crippen molar-refractivity contribution in [2.75, 3.05) is 5.32 Å². The highest BCUT2D eigenvalue weighted by Gasteiger charge is 2.52. The molecule has 0 radical (unpaired) electrons. The van der Waals surface area contributed by atoms with Crippen LogP contribution in [0.5, 0.6) is 0 Å². The first-order chi connectivity index (χ1) is 12.0. The number of nitrogens with zero attached hydrogens (tertiary/aromatic N) is 3. The van der Waals surface area contributed by atoms with Crippen molar-refractivity contribution in [2.24, 2.45) is 0 Å². The third-order valence-corrected chi connectivity index (χ3v) is 4.76. The normalized spacial score (nSPS) is 21.8. The highest BCUT2D eigenvalue weighted by atomic mass is 35.5.